The molecule has 2 heterocycles. The first-order chi connectivity index (χ1) is 11.5. The van der Waals surface area contributed by atoms with Crippen LogP contribution in [-0.2, 0) is 14.8 Å². The minimum atomic E-state index is -3.51. The molecule has 6 nitrogen and oxygen atoms in total. The van der Waals surface area contributed by atoms with Crippen molar-refractivity contribution in [1.82, 2.24) is 9.21 Å². The van der Waals surface area contributed by atoms with Crippen LogP contribution >= 0.6 is 0 Å². The molecule has 24 heavy (non-hydrogen) atoms. The third kappa shape index (κ3) is 3.63. The Hall–Kier alpha value is -1.44. The minimum Gasteiger partial charge on any atom is -0.334 e. The minimum absolute atomic E-state index is 0.121. The lowest BCUT2D eigenvalue weighted by molar-refractivity contribution is -0.883. The Labute approximate surface area is 144 Å². The van der Waals surface area contributed by atoms with Gasteiger partial charge in [-0.3, -0.25) is 4.79 Å². The average Bonchev–Trinajstić information content (AvgIpc) is 2.62. The standard InChI is InChI=1S/C17H25N3O3S/c1-18-10-12-19(13-11-18)17(21)15-6-5-9-20(14-15)24(22,23)16-7-3-2-4-8-16/h2-4,7-8,15H,5-6,9-14H2,1H3/p+1/t15-/m1/s1. The maximum Gasteiger partial charge on any atom is 0.243 e. The van der Waals surface area contributed by atoms with Crippen LogP contribution in [0.3, 0.4) is 0 Å². The highest BCUT2D eigenvalue weighted by Crippen LogP contribution is 2.25. The van der Waals surface area contributed by atoms with E-state index in [9.17, 15) is 13.2 Å². The van der Waals surface area contributed by atoms with Crippen molar-refractivity contribution in [3.8, 4) is 0 Å². The number of piperidine rings is 1. The molecule has 1 amide bonds. The van der Waals surface area contributed by atoms with Crippen LogP contribution in [0.1, 0.15) is 12.8 Å². The lowest BCUT2D eigenvalue weighted by Crippen LogP contribution is -3.12. The van der Waals surface area contributed by atoms with Crippen molar-refractivity contribution in [2.75, 3.05) is 46.3 Å². The van der Waals surface area contributed by atoms with Gasteiger partial charge in [-0.1, -0.05) is 18.2 Å². The summed E-state index contributed by atoms with van der Waals surface area (Å²) in [5.74, 6) is -0.0916. The monoisotopic (exact) mass is 352 g/mol. The summed E-state index contributed by atoms with van der Waals surface area (Å²) in [7, 11) is -1.37. The van der Waals surface area contributed by atoms with Crippen LogP contribution in [0.2, 0.25) is 0 Å². The van der Waals surface area contributed by atoms with Crippen LogP contribution < -0.4 is 4.90 Å². The molecule has 1 N–H and O–H groups in total. The van der Waals surface area contributed by atoms with Gasteiger partial charge in [-0.15, -0.1) is 0 Å². The Balaban J connectivity index is 1.69. The van der Waals surface area contributed by atoms with E-state index in [2.05, 4.69) is 7.05 Å². The van der Waals surface area contributed by atoms with Crippen molar-refractivity contribution in [3.63, 3.8) is 0 Å². The van der Waals surface area contributed by atoms with Crippen LogP contribution in [0.5, 0.6) is 0 Å². The Morgan fingerprint density at radius 2 is 1.79 bits per heavy atom. The second-order valence-electron chi connectivity index (χ2n) is 6.80. The quantitative estimate of drug-likeness (QED) is 0.794. The van der Waals surface area contributed by atoms with Crippen molar-refractivity contribution in [2.24, 2.45) is 5.92 Å². The van der Waals surface area contributed by atoms with Gasteiger partial charge in [0.05, 0.1) is 44.0 Å². The molecule has 2 saturated heterocycles. The fourth-order valence-electron chi connectivity index (χ4n) is 3.47. The maximum absolute atomic E-state index is 12.8. The van der Waals surface area contributed by atoms with Crippen LogP contribution in [0.4, 0.5) is 0 Å². The van der Waals surface area contributed by atoms with Gasteiger partial charge in [0.1, 0.15) is 0 Å². The maximum atomic E-state index is 12.8. The molecule has 0 aromatic heterocycles. The second-order valence-corrected chi connectivity index (χ2v) is 8.74. The first kappa shape index (κ1) is 17.4. The number of benzene rings is 1. The van der Waals surface area contributed by atoms with E-state index in [1.165, 1.54) is 9.21 Å². The van der Waals surface area contributed by atoms with E-state index in [-0.39, 0.29) is 11.8 Å². The summed E-state index contributed by atoms with van der Waals surface area (Å²) in [5, 5.41) is 0. The molecule has 1 aromatic carbocycles. The van der Waals surface area contributed by atoms with Crippen LogP contribution in [0, 0.1) is 5.92 Å². The zero-order valence-corrected chi connectivity index (χ0v) is 15.0. The van der Waals surface area contributed by atoms with E-state index in [0.29, 0.717) is 18.0 Å². The molecule has 2 fully saturated rings. The van der Waals surface area contributed by atoms with Crippen molar-refractivity contribution in [1.29, 1.82) is 0 Å². The number of rotatable bonds is 3. The number of nitrogens with zero attached hydrogens (tertiary/aromatic N) is 2. The molecular formula is C17H26N3O3S+. The smallest absolute Gasteiger partial charge is 0.243 e. The fraction of sp³-hybridized carbons (Fsp3) is 0.588. The van der Waals surface area contributed by atoms with Gasteiger partial charge in [0.2, 0.25) is 15.9 Å². The normalized spacial score (nSPS) is 24.0. The molecule has 0 aliphatic carbocycles. The molecule has 1 atom stereocenters. The molecule has 2 aliphatic heterocycles. The van der Waals surface area contributed by atoms with Gasteiger partial charge in [0.25, 0.3) is 0 Å². The zero-order chi connectivity index (χ0) is 17.2. The van der Waals surface area contributed by atoms with Gasteiger partial charge in [-0.25, -0.2) is 8.42 Å². The second kappa shape index (κ2) is 7.21. The van der Waals surface area contributed by atoms with Crippen LogP contribution in [0.25, 0.3) is 0 Å². The third-order valence-electron chi connectivity index (χ3n) is 5.04. The van der Waals surface area contributed by atoms with Gasteiger partial charge in [0.15, 0.2) is 0 Å². The van der Waals surface area contributed by atoms with Crippen molar-refractivity contribution in [3.05, 3.63) is 30.3 Å². The number of hydrogen-bond donors (Lipinski definition) is 1. The molecule has 7 heteroatoms. The van der Waals surface area contributed by atoms with Gasteiger partial charge in [-0.2, -0.15) is 4.31 Å². The molecule has 1 aromatic rings. The summed E-state index contributed by atoms with van der Waals surface area (Å²) in [4.78, 5) is 16.4. The summed E-state index contributed by atoms with van der Waals surface area (Å²) >= 11 is 0. The van der Waals surface area contributed by atoms with Crippen LogP contribution in [-0.4, -0.2) is 69.8 Å². The summed E-state index contributed by atoms with van der Waals surface area (Å²) in [6, 6.07) is 8.49. The van der Waals surface area contributed by atoms with E-state index < -0.39 is 10.0 Å². The molecule has 3 rings (SSSR count). The SMILES string of the molecule is C[NH+]1CCN(C(=O)[C@@H]2CCCN(S(=O)(=O)c3ccccc3)C2)CC1. The predicted molar refractivity (Wildman–Crippen MR) is 91.1 cm³/mol. The number of carbonyl (C=O) groups is 1. The number of likely N-dealkylation sites (N-methyl/N-ethyl adjacent to an activating group) is 1. The summed E-state index contributed by atoms with van der Waals surface area (Å²) < 4.78 is 27.0. The Kier molecular flexibility index (Phi) is 5.22. The molecule has 132 valence electrons. The van der Waals surface area contributed by atoms with Gasteiger partial charge in [-0.05, 0) is 25.0 Å². The fourth-order valence-corrected chi connectivity index (χ4v) is 5.02. The van der Waals surface area contributed by atoms with Crippen molar-refractivity contribution in [2.45, 2.75) is 17.7 Å². The predicted octanol–water partition coefficient (Wildman–Crippen LogP) is -0.556. The van der Waals surface area contributed by atoms with Crippen molar-refractivity contribution >= 4 is 15.9 Å². The molecule has 0 radical (unpaired) electrons. The molecular weight excluding hydrogens is 326 g/mol. The first-order valence-electron chi connectivity index (χ1n) is 8.64. The molecule has 2 aliphatic rings. The van der Waals surface area contributed by atoms with E-state index >= 15 is 0 Å². The first-order valence-corrected chi connectivity index (χ1v) is 10.1. The lowest BCUT2D eigenvalue weighted by atomic mass is 9.98. The number of quaternary nitrogens is 1. The number of nitrogens with one attached hydrogen (secondary N) is 1. The number of piperazine rings is 1. The lowest BCUT2D eigenvalue weighted by Gasteiger charge is -2.36. The Morgan fingerprint density at radius 1 is 1.12 bits per heavy atom. The van der Waals surface area contributed by atoms with Crippen LogP contribution in [0.15, 0.2) is 35.2 Å². The number of hydrogen-bond acceptors (Lipinski definition) is 3. The highest BCUT2D eigenvalue weighted by atomic mass is 32.2. The van der Waals surface area contributed by atoms with Crippen molar-refractivity contribution < 1.29 is 18.1 Å². The van der Waals surface area contributed by atoms with E-state index in [4.69, 9.17) is 0 Å². The van der Waals surface area contributed by atoms with Gasteiger partial charge >= 0.3 is 0 Å². The number of sulfonamides is 1. The van der Waals surface area contributed by atoms with Gasteiger partial charge < -0.3 is 9.80 Å². The zero-order valence-electron chi connectivity index (χ0n) is 14.1. The molecule has 0 unspecified atom stereocenters. The largest absolute Gasteiger partial charge is 0.334 e. The highest BCUT2D eigenvalue weighted by Gasteiger charge is 2.35. The van der Waals surface area contributed by atoms with E-state index in [1.54, 1.807) is 30.3 Å². The summed E-state index contributed by atoms with van der Waals surface area (Å²) in [6.45, 7) is 4.26. The molecule has 0 saturated carbocycles. The van der Waals surface area contributed by atoms with E-state index in [0.717, 1.165) is 39.0 Å². The Bertz CT molecular complexity index is 670. The summed E-state index contributed by atoms with van der Waals surface area (Å²) in [5.41, 5.74) is 0. The average molecular weight is 352 g/mol. The Morgan fingerprint density at radius 3 is 2.46 bits per heavy atom. The molecule has 0 bridgehead atoms. The summed E-state index contributed by atoms with van der Waals surface area (Å²) in [6.07, 6.45) is 1.51. The topological polar surface area (TPSA) is 62.1 Å². The van der Waals surface area contributed by atoms with Gasteiger partial charge in [0, 0.05) is 13.1 Å². The van der Waals surface area contributed by atoms with E-state index in [1.807, 2.05) is 4.90 Å². The highest BCUT2D eigenvalue weighted by molar-refractivity contribution is 7.89. The number of carbonyl (C=O) groups excluding carboxylic acids is 1. The molecule has 0 spiro atoms. The number of amides is 1. The third-order valence-corrected chi connectivity index (χ3v) is 6.92.